The van der Waals surface area contributed by atoms with Gasteiger partial charge in [-0.2, -0.15) is 13.2 Å². The number of amides is 1. The predicted molar refractivity (Wildman–Crippen MR) is 79.1 cm³/mol. The van der Waals surface area contributed by atoms with Gasteiger partial charge in [0.15, 0.2) is 5.69 Å². The summed E-state index contributed by atoms with van der Waals surface area (Å²) in [6.45, 7) is 0. The molecule has 0 aliphatic heterocycles. The highest BCUT2D eigenvalue weighted by atomic mass is 19.4. The highest BCUT2D eigenvalue weighted by molar-refractivity contribution is 6.02. The maximum atomic E-state index is 12.7. The predicted octanol–water partition coefficient (Wildman–Crippen LogP) is 4.01. The molecule has 2 aromatic heterocycles. The SMILES string of the molecule is O=C(Nc1cccc(C(F)(F)F)c1)c1coc(-c2ccccn2)n1. The zero-order chi connectivity index (χ0) is 17.2. The highest BCUT2D eigenvalue weighted by Crippen LogP contribution is 2.30. The molecule has 2 heterocycles. The molecule has 0 spiro atoms. The van der Waals surface area contributed by atoms with Gasteiger partial charge >= 0.3 is 6.18 Å². The third-order valence-corrected chi connectivity index (χ3v) is 3.07. The molecule has 0 radical (unpaired) electrons. The van der Waals surface area contributed by atoms with Crippen LogP contribution in [-0.4, -0.2) is 15.9 Å². The van der Waals surface area contributed by atoms with Gasteiger partial charge in [0.05, 0.1) is 5.56 Å². The van der Waals surface area contributed by atoms with Crippen LogP contribution < -0.4 is 5.32 Å². The molecule has 3 rings (SSSR count). The lowest BCUT2D eigenvalue weighted by atomic mass is 10.2. The summed E-state index contributed by atoms with van der Waals surface area (Å²) in [6.07, 6.45) is -1.82. The fraction of sp³-hybridized carbons (Fsp3) is 0.0625. The molecule has 3 aromatic rings. The number of benzene rings is 1. The van der Waals surface area contributed by atoms with Crippen LogP contribution in [0.1, 0.15) is 16.1 Å². The van der Waals surface area contributed by atoms with Crippen molar-refractivity contribution in [2.45, 2.75) is 6.18 Å². The van der Waals surface area contributed by atoms with Gasteiger partial charge in [0.25, 0.3) is 5.91 Å². The Morgan fingerprint density at radius 3 is 2.67 bits per heavy atom. The number of nitrogens with zero attached hydrogens (tertiary/aromatic N) is 2. The molecule has 0 saturated heterocycles. The Labute approximate surface area is 134 Å². The third-order valence-electron chi connectivity index (χ3n) is 3.07. The summed E-state index contributed by atoms with van der Waals surface area (Å²) in [5.41, 5.74) is -0.462. The van der Waals surface area contributed by atoms with Crippen LogP contribution in [0.5, 0.6) is 0 Å². The van der Waals surface area contributed by atoms with E-state index in [0.29, 0.717) is 5.69 Å². The number of alkyl halides is 3. The second-order valence-electron chi connectivity index (χ2n) is 4.79. The fourth-order valence-corrected chi connectivity index (χ4v) is 1.95. The Morgan fingerprint density at radius 2 is 1.96 bits per heavy atom. The molecule has 8 heteroatoms. The lowest BCUT2D eigenvalue weighted by Crippen LogP contribution is -2.13. The quantitative estimate of drug-likeness (QED) is 0.786. The minimum Gasteiger partial charge on any atom is -0.442 e. The number of aromatic nitrogens is 2. The van der Waals surface area contributed by atoms with E-state index in [9.17, 15) is 18.0 Å². The van der Waals surface area contributed by atoms with E-state index >= 15 is 0 Å². The highest BCUT2D eigenvalue weighted by Gasteiger charge is 2.30. The van der Waals surface area contributed by atoms with Gasteiger partial charge in [-0.15, -0.1) is 0 Å². The molecular weight excluding hydrogens is 323 g/mol. The average Bonchev–Trinajstić information content (AvgIpc) is 3.05. The molecule has 1 aromatic carbocycles. The van der Waals surface area contributed by atoms with Crippen LogP contribution in [0.25, 0.3) is 11.6 Å². The lowest BCUT2D eigenvalue weighted by molar-refractivity contribution is -0.137. The zero-order valence-electron chi connectivity index (χ0n) is 12.0. The summed E-state index contributed by atoms with van der Waals surface area (Å²) in [4.78, 5) is 20.1. The monoisotopic (exact) mass is 333 g/mol. The van der Waals surface area contributed by atoms with Crippen LogP contribution in [0.15, 0.2) is 59.3 Å². The van der Waals surface area contributed by atoms with E-state index in [1.54, 1.807) is 24.4 Å². The van der Waals surface area contributed by atoms with Gasteiger partial charge in [0, 0.05) is 11.9 Å². The number of carbonyl (C=O) groups is 1. The maximum absolute atomic E-state index is 12.7. The van der Waals surface area contributed by atoms with Gasteiger partial charge in [0.1, 0.15) is 12.0 Å². The van der Waals surface area contributed by atoms with Crippen molar-refractivity contribution in [1.82, 2.24) is 9.97 Å². The molecule has 1 amide bonds. The topological polar surface area (TPSA) is 68.0 Å². The van der Waals surface area contributed by atoms with E-state index in [2.05, 4.69) is 15.3 Å². The molecule has 24 heavy (non-hydrogen) atoms. The van der Waals surface area contributed by atoms with Crippen LogP contribution in [0.2, 0.25) is 0 Å². The normalized spacial score (nSPS) is 11.3. The van der Waals surface area contributed by atoms with Crippen molar-refractivity contribution in [2.24, 2.45) is 0 Å². The number of oxazole rings is 1. The van der Waals surface area contributed by atoms with E-state index in [4.69, 9.17) is 4.42 Å². The van der Waals surface area contributed by atoms with E-state index in [1.807, 2.05) is 0 Å². The minimum absolute atomic E-state index is 0.0113. The molecular formula is C16H10F3N3O2. The Bertz CT molecular complexity index is 860. The maximum Gasteiger partial charge on any atom is 0.416 e. The number of halogens is 3. The smallest absolute Gasteiger partial charge is 0.416 e. The van der Waals surface area contributed by atoms with Gasteiger partial charge in [-0.1, -0.05) is 12.1 Å². The second-order valence-corrected chi connectivity index (χ2v) is 4.79. The second kappa shape index (κ2) is 6.15. The molecule has 1 N–H and O–H groups in total. The van der Waals surface area contributed by atoms with E-state index in [-0.39, 0.29) is 17.3 Å². The van der Waals surface area contributed by atoms with Crippen molar-refractivity contribution in [3.63, 3.8) is 0 Å². The van der Waals surface area contributed by atoms with E-state index in [1.165, 1.54) is 12.1 Å². The number of rotatable bonds is 3. The Kier molecular flexibility index (Phi) is 4.03. The van der Waals surface area contributed by atoms with Crippen LogP contribution in [0, 0.1) is 0 Å². The molecule has 0 aliphatic carbocycles. The Hall–Kier alpha value is -3.16. The number of hydrogen-bond acceptors (Lipinski definition) is 4. The lowest BCUT2D eigenvalue weighted by Gasteiger charge is -2.08. The fourth-order valence-electron chi connectivity index (χ4n) is 1.95. The van der Waals surface area contributed by atoms with Gasteiger partial charge in [-0.05, 0) is 30.3 Å². The van der Waals surface area contributed by atoms with Gasteiger partial charge in [0.2, 0.25) is 5.89 Å². The molecule has 0 bridgehead atoms. The Balaban J connectivity index is 1.78. The summed E-state index contributed by atoms with van der Waals surface area (Å²) in [7, 11) is 0. The summed E-state index contributed by atoms with van der Waals surface area (Å²) in [5.74, 6) is -0.537. The molecule has 122 valence electrons. The largest absolute Gasteiger partial charge is 0.442 e. The van der Waals surface area contributed by atoms with Gasteiger partial charge < -0.3 is 9.73 Å². The first-order valence-corrected chi connectivity index (χ1v) is 6.79. The number of anilines is 1. The average molecular weight is 333 g/mol. The Morgan fingerprint density at radius 1 is 1.12 bits per heavy atom. The summed E-state index contributed by atoms with van der Waals surface area (Å²) in [6, 6.07) is 9.43. The standard InChI is InChI=1S/C16H10F3N3O2/c17-16(18,19)10-4-3-5-11(8-10)21-14(23)13-9-24-15(22-13)12-6-1-2-7-20-12/h1-9H,(H,21,23). The molecule has 0 atom stereocenters. The van der Waals surface area contributed by atoms with Gasteiger partial charge in [-0.3, -0.25) is 9.78 Å². The first-order valence-electron chi connectivity index (χ1n) is 6.79. The number of hydrogen-bond donors (Lipinski definition) is 1. The van der Waals surface area contributed by atoms with Crippen LogP contribution in [0.3, 0.4) is 0 Å². The van der Waals surface area contributed by atoms with E-state index in [0.717, 1.165) is 18.4 Å². The van der Waals surface area contributed by atoms with E-state index < -0.39 is 17.6 Å². The summed E-state index contributed by atoms with van der Waals surface area (Å²) in [5, 5.41) is 2.35. The van der Waals surface area contributed by atoms with Crippen molar-refractivity contribution < 1.29 is 22.4 Å². The van der Waals surface area contributed by atoms with Crippen LogP contribution in [-0.2, 0) is 6.18 Å². The van der Waals surface area contributed by atoms with Crippen LogP contribution >= 0.6 is 0 Å². The van der Waals surface area contributed by atoms with Gasteiger partial charge in [-0.25, -0.2) is 4.98 Å². The third kappa shape index (κ3) is 3.43. The molecule has 5 nitrogen and oxygen atoms in total. The van der Waals surface area contributed by atoms with Crippen molar-refractivity contribution in [3.8, 4) is 11.6 Å². The van der Waals surface area contributed by atoms with Crippen LogP contribution in [0.4, 0.5) is 18.9 Å². The molecule has 0 fully saturated rings. The number of nitrogens with one attached hydrogen (secondary N) is 1. The number of pyridine rings is 1. The number of carbonyl (C=O) groups excluding carboxylic acids is 1. The summed E-state index contributed by atoms with van der Waals surface area (Å²) < 4.78 is 43.2. The van der Waals surface area contributed by atoms with Crippen molar-refractivity contribution in [1.29, 1.82) is 0 Å². The molecule has 0 saturated carbocycles. The minimum atomic E-state index is -4.49. The zero-order valence-corrected chi connectivity index (χ0v) is 12.0. The first kappa shape index (κ1) is 15.7. The molecule has 0 aliphatic rings. The summed E-state index contributed by atoms with van der Waals surface area (Å²) >= 11 is 0. The molecule has 0 unspecified atom stereocenters. The van der Waals surface area contributed by atoms with Crippen molar-refractivity contribution >= 4 is 11.6 Å². The van der Waals surface area contributed by atoms with Crippen molar-refractivity contribution in [2.75, 3.05) is 5.32 Å². The van der Waals surface area contributed by atoms with Crippen molar-refractivity contribution in [3.05, 3.63) is 66.2 Å². The first-order chi connectivity index (χ1) is 11.4.